The number of amides is 2. The molecule has 3 rings (SSSR count). The molecule has 132 valence electrons. The van der Waals surface area contributed by atoms with Crippen LogP contribution in [0.1, 0.15) is 36.8 Å². The third kappa shape index (κ3) is 3.88. The molecule has 1 aromatic heterocycles. The van der Waals surface area contributed by atoms with Gasteiger partial charge < -0.3 is 10.6 Å². The lowest BCUT2D eigenvalue weighted by atomic mass is 9.80. The molecule has 0 atom stereocenters. The van der Waals surface area contributed by atoms with E-state index in [2.05, 4.69) is 27.5 Å². The molecule has 0 radical (unpaired) electrons. The molecule has 1 aliphatic carbocycles. The Morgan fingerprint density at radius 1 is 1.20 bits per heavy atom. The van der Waals surface area contributed by atoms with Gasteiger partial charge in [-0.3, -0.25) is 9.59 Å². The molecule has 2 aromatic rings. The Bertz CT molecular complexity index is 768. The molecule has 6 heteroatoms. The zero-order valence-corrected chi connectivity index (χ0v) is 15.7. The van der Waals surface area contributed by atoms with Gasteiger partial charge in [-0.25, -0.2) is 0 Å². The van der Waals surface area contributed by atoms with Crippen molar-refractivity contribution in [2.45, 2.75) is 38.0 Å². The maximum absolute atomic E-state index is 12.3. The summed E-state index contributed by atoms with van der Waals surface area (Å²) < 4.78 is 0. The number of hydrogen-bond donors (Lipinski definition) is 2. The lowest BCUT2D eigenvalue weighted by Gasteiger charge is -2.28. The van der Waals surface area contributed by atoms with E-state index in [0.29, 0.717) is 17.3 Å². The number of nitrogens with one attached hydrogen (secondary N) is 2. The van der Waals surface area contributed by atoms with E-state index in [1.807, 2.05) is 0 Å². The number of benzene rings is 1. The highest BCUT2D eigenvalue weighted by atomic mass is 35.5. The summed E-state index contributed by atoms with van der Waals surface area (Å²) in [7, 11) is 0. The summed E-state index contributed by atoms with van der Waals surface area (Å²) in [5, 5.41) is 10.2. The van der Waals surface area contributed by atoms with Gasteiger partial charge in [0.05, 0.1) is 0 Å². The van der Waals surface area contributed by atoms with E-state index in [0.717, 1.165) is 31.2 Å². The molecule has 0 unspecified atom stereocenters. The Morgan fingerprint density at radius 3 is 2.64 bits per heavy atom. The van der Waals surface area contributed by atoms with Crippen molar-refractivity contribution in [1.82, 2.24) is 5.32 Å². The first-order chi connectivity index (χ1) is 12.0. The second-order valence-electron chi connectivity index (χ2n) is 6.55. The third-order valence-corrected chi connectivity index (χ3v) is 6.10. The molecule has 1 saturated carbocycles. The SMILES string of the molecule is Cc1c(Cl)cccc1NC(=O)C(=O)NCC1(c2ccsc2)CCCC1. The summed E-state index contributed by atoms with van der Waals surface area (Å²) >= 11 is 7.71. The van der Waals surface area contributed by atoms with Crippen LogP contribution in [0.25, 0.3) is 0 Å². The summed E-state index contributed by atoms with van der Waals surface area (Å²) in [5.41, 5.74) is 2.53. The van der Waals surface area contributed by atoms with Gasteiger partial charge >= 0.3 is 11.8 Å². The summed E-state index contributed by atoms with van der Waals surface area (Å²) in [6, 6.07) is 7.35. The highest BCUT2D eigenvalue weighted by Gasteiger charge is 2.36. The fraction of sp³-hybridized carbons (Fsp3) is 0.368. The topological polar surface area (TPSA) is 58.2 Å². The second-order valence-corrected chi connectivity index (χ2v) is 7.74. The first kappa shape index (κ1) is 18.0. The van der Waals surface area contributed by atoms with Gasteiger partial charge in [0.15, 0.2) is 0 Å². The summed E-state index contributed by atoms with van der Waals surface area (Å²) in [4.78, 5) is 24.5. The highest BCUT2D eigenvalue weighted by molar-refractivity contribution is 7.08. The maximum atomic E-state index is 12.3. The third-order valence-electron chi connectivity index (χ3n) is 5.00. The number of rotatable bonds is 4. The number of thiophene rings is 1. The van der Waals surface area contributed by atoms with E-state index in [1.54, 1.807) is 36.5 Å². The van der Waals surface area contributed by atoms with Crippen LogP contribution in [0.3, 0.4) is 0 Å². The Morgan fingerprint density at radius 2 is 1.96 bits per heavy atom. The highest BCUT2D eigenvalue weighted by Crippen LogP contribution is 2.41. The fourth-order valence-electron chi connectivity index (χ4n) is 3.44. The first-order valence-corrected chi connectivity index (χ1v) is 9.71. The maximum Gasteiger partial charge on any atom is 0.313 e. The van der Waals surface area contributed by atoms with Gasteiger partial charge in [-0.15, -0.1) is 0 Å². The molecule has 0 bridgehead atoms. The summed E-state index contributed by atoms with van der Waals surface area (Å²) in [5.74, 6) is -1.27. The molecule has 2 N–H and O–H groups in total. The minimum Gasteiger partial charge on any atom is -0.347 e. The van der Waals surface area contributed by atoms with Crippen molar-refractivity contribution < 1.29 is 9.59 Å². The minimum atomic E-state index is -0.663. The monoisotopic (exact) mass is 376 g/mol. The van der Waals surface area contributed by atoms with Crippen LogP contribution in [0.2, 0.25) is 5.02 Å². The van der Waals surface area contributed by atoms with E-state index in [4.69, 9.17) is 11.6 Å². The molecule has 1 fully saturated rings. The van der Waals surface area contributed by atoms with Crippen LogP contribution in [0.4, 0.5) is 5.69 Å². The fourth-order valence-corrected chi connectivity index (χ4v) is 4.39. The van der Waals surface area contributed by atoms with Gasteiger partial charge in [0.25, 0.3) is 0 Å². The number of carbonyl (C=O) groups is 2. The lowest BCUT2D eigenvalue weighted by Crippen LogP contribution is -2.43. The van der Waals surface area contributed by atoms with Crippen molar-refractivity contribution in [2.75, 3.05) is 11.9 Å². The van der Waals surface area contributed by atoms with Gasteiger partial charge in [-0.1, -0.05) is 30.5 Å². The summed E-state index contributed by atoms with van der Waals surface area (Å²) in [6.07, 6.45) is 4.39. The van der Waals surface area contributed by atoms with E-state index in [9.17, 15) is 9.59 Å². The van der Waals surface area contributed by atoms with E-state index < -0.39 is 11.8 Å². The van der Waals surface area contributed by atoms with Crippen molar-refractivity contribution in [1.29, 1.82) is 0 Å². The largest absolute Gasteiger partial charge is 0.347 e. The summed E-state index contributed by atoms with van der Waals surface area (Å²) in [6.45, 7) is 2.30. The number of carbonyl (C=O) groups excluding carboxylic acids is 2. The van der Waals surface area contributed by atoms with E-state index in [-0.39, 0.29) is 5.41 Å². The average molecular weight is 377 g/mol. The Kier molecular flexibility index (Phi) is 5.45. The predicted octanol–water partition coefficient (Wildman–Crippen LogP) is 4.28. The van der Waals surface area contributed by atoms with Crippen LogP contribution in [0, 0.1) is 6.92 Å². The minimum absolute atomic E-state index is 0.0398. The average Bonchev–Trinajstić information content (AvgIpc) is 3.28. The van der Waals surface area contributed by atoms with Crippen LogP contribution >= 0.6 is 22.9 Å². The zero-order valence-electron chi connectivity index (χ0n) is 14.1. The zero-order chi connectivity index (χ0) is 17.9. The molecular weight excluding hydrogens is 356 g/mol. The standard InChI is InChI=1S/C19H21ClN2O2S/c1-13-15(20)5-4-6-16(13)22-18(24)17(23)21-12-19(8-2-3-9-19)14-7-10-25-11-14/h4-7,10-11H,2-3,8-9,12H2,1H3,(H,21,23)(H,22,24). The Labute approximate surface area is 156 Å². The second kappa shape index (κ2) is 7.58. The normalized spacial score (nSPS) is 15.8. The smallest absolute Gasteiger partial charge is 0.313 e. The van der Waals surface area contributed by atoms with Gasteiger partial charge in [0.2, 0.25) is 0 Å². The van der Waals surface area contributed by atoms with Crippen LogP contribution in [0.15, 0.2) is 35.0 Å². The van der Waals surface area contributed by atoms with Crippen molar-refractivity contribution in [3.8, 4) is 0 Å². The van der Waals surface area contributed by atoms with E-state index in [1.165, 1.54) is 5.56 Å². The van der Waals surface area contributed by atoms with Crippen molar-refractivity contribution in [2.24, 2.45) is 0 Å². The van der Waals surface area contributed by atoms with Crippen LogP contribution in [0.5, 0.6) is 0 Å². The lowest BCUT2D eigenvalue weighted by molar-refractivity contribution is -0.136. The predicted molar refractivity (Wildman–Crippen MR) is 102 cm³/mol. The van der Waals surface area contributed by atoms with E-state index >= 15 is 0 Å². The Balaban J connectivity index is 1.63. The quantitative estimate of drug-likeness (QED) is 0.782. The van der Waals surface area contributed by atoms with Gasteiger partial charge in [0.1, 0.15) is 0 Å². The van der Waals surface area contributed by atoms with Crippen LogP contribution in [-0.2, 0) is 15.0 Å². The number of halogens is 1. The van der Waals surface area contributed by atoms with Crippen LogP contribution < -0.4 is 10.6 Å². The molecule has 1 heterocycles. The van der Waals surface area contributed by atoms with Crippen molar-refractivity contribution >= 4 is 40.4 Å². The van der Waals surface area contributed by atoms with Gasteiger partial charge in [0, 0.05) is 22.7 Å². The first-order valence-electron chi connectivity index (χ1n) is 8.39. The molecular formula is C19H21ClN2O2S. The van der Waals surface area contributed by atoms with Crippen LogP contribution in [-0.4, -0.2) is 18.4 Å². The van der Waals surface area contributed by atoms with Crippen molar-refractivity contribution in [3.63, 3.8) is 0 Å². The molecule has 25 heavy (non-hydrogen) atoms. The van der Waals surface area contributed by atoms with Gasteiger partial charge in [-0.2, -0.15) is 11.3 Å². The molecule has 0 aliphatic heterocycles. The number of anilines is 1. The molecule has 0 spiro atoms. The van der Waals surface area contributed by atoms with Crippen molar-refractivity contribution in [3.05, 3.63) is 51.2 Å². The molecule has 2 amide bonds. The molecule has 0 saturated heterocycles. The van der Waals surface area contributed by atoms with Gasteiger partial charge in [-0.05, 0) is 59.9 Å². The molecule has 4 nitrogen and oxygen atoms in total. The molecule has 1 aliphatic rings. The Hall–Kier alpha value is -1.85. The number of hydrogen-bond acceptors (Lipinski definition) is 3. The molecule has 1 aromatic carbocycles.